The fraction of sp³-hybridized carbons (Fsp3) is 0.379. The number of carbonyl (C=O) groups excluding carboxylic acids is 3. The van der Waals surface area contributed by atoms with Gasteiger partial charge in [-0.3, -0.25) is 24.7 Å². The molecule has 3 aromatic rings. The van der Waals surface area contributed by atoms with Crippen LogP contribution in [0.2, 0.25) is 0 Å². The largest absolute Gasteiger partial charge is 0.493 e. The number of benzene rings is 2. The predicted molar refractivity (Wildman–Crippen MR) is 139 cm³/mol. The Labute approximate surface area is 215 Å². The minimum Gasteiger partial charge on any atom is -0.493 e. The molecule has 1 aromatic heterocycles. The Morgan fingerprint density at radius 2 is 1.81 bits per heavy atom. The van der Waals surface area contributed by atoms with Crippen LogP contribution in [0, 0.1) is 5.92 Å². The lowest BCUT2D eigenvalue weighted by Crippen LogP contribution is -2.52. The molecule has 3 amide bonds. The standard InChI is InChI=1S/C29H30N4O4/c34-27-9-8-25(28(35)31-27)33-18-22-20(29(33)36)5-3-7-26(22)37-17-13-19-11-15-32(16-12-19)24-10-14-30-23-6-2-1-4-21(23)24/h1-7,10,14,19,25H,8-9,11-13,15-18H2,(H,31,34,35). The summed E-state index contributed by atoms with van der Waals surface area (Å²) in [5, 5.41) is 3.55. The predicted octanol–water partition coefficient (Wildman–Crippen LogP) is 3.68. The molecular weight excluding hydrogens is 468 g/mol. The van der Waals surface area contributed by atoms with Crippen molar-refractivity contribution in [2.24, 2.45) is 5.92 Å². The quantitative estimate of drug-likeness (QED) is 0.522. The number of anilines is 1. The molecule has 3 aliphatic rings. The monoisotopic (exact) mass is 498 g/mol. The van der Waals surface area contributed by atoms with Crippen molar-refractivity contribution in [3.63, 3.8) is 0 Å². The summed E-state index contributed by atoms with van der Waals surface area (Å²) in [4.78, 5) is 45.4. The average Bonchev–Trinajstić information content (AvgIpc) is 3.26. The van der Waals surface area contributed by atoms with Crippen LogP contribution in [-0.4, -0.2) is 53.3 Å². The summed E-state index contributed by atoms with van der Waals surface area (Å²) in [7, 11) is 0. The second-order valence-electron chi connectivity index (χ2n) is 10.1. The van der Waals surface area contributed by atoms with Gasteiger partial charge in [-0.25, -0.2) is 0 Å². The van der Waals surface area contributed by atoms with Crippen molar-refractivity contribution in [3.8, 4) is 5.75 Å². The first-order valence-corrected chi connectivity index (χ1v) is 13.1. The van der Waals surface area contributed by atoms with E-state index in [0.29, 0.717) is 36.8 Å². The lowest BCUT2D eigenvalue weighted by atomic mass is 9.93. The van der Waals surface area contributed by atoms with E-state index in [9.17, 15) is 14.4 Å². The van der Waals surface area contributed by atoms with Crippen LogP contribution in [0.1, 0.15) is 48.0 Å². The maximum Gasteiger partial charge on any atom is 0.255 e. The normalized spacial score (nSPS) is 20.3. The van der Waals surface area contributed by atoms with Crippen LogP contribution in [0.15, 0.2) is 54.7 Å². The van der Waals surface area contributed by atoms with Gasteiger partial charge < -0.3 is 14.5 Å². The molecule has 2 aromatic carbocycles. The first kappa shape index (κ1) is 23.5. The van der Waals surface area contributed by atoms with E-state index in [0.717, 1.165) is 43.4 Å². The molecule has 0 spiro atoms. The number of hydrogen-bond acceptors (Lipinski definition) is 6. The maximum atomic E-state index is 13.0. The van der Waals surface area contributed by atoms with Gasteiger partial charge in [0.05, 0.1) is 18.7 Å². The van der Waals surface area contributed by atoms with E-state index < -0.39 is 11.9 Å². The maximum absolute atomic E-state index is 13.0. The summed E-state index contributed by atoms with van der Waals surface area (Å²) in [6.07, 6.45) is 5.66. The summed E-state index contributed by atoms with van der Waals surface area (Å²) >= 11 is 0. The highest BCUT2D eigenvalue weighted by molar-refractivity contribution is 6.05. The van der Waals surface area contributed by atoms with Crippen LogP contribution >= 0.6 is 0 Å². The molecule has 6 rings (SSSR count). The van der Waals surface area contributed by atoms with Gasteiger partial charge in [0.2, 0.25) is 11.8 Å². The smallest absolute Gasteiger partial charge is 0.255 e. The average molecular weight is 499 g/mol. The van der Waals surface area contributed by atoms with E-state index in [1.165, 1.54) is 11.1 Å². The first-order valence-electron chi connectivity index (χ1n) is 13.1. The molecule has 0 aliphatic carbocycles. The fourth-order valence-electron chi connectivity index (χ4n) is 5.85. The van der Waals surface area contributed by atoms with Gasteiger partial charge in [0.25, 0.3) is 5.91 Å². The Hall–Kier alpha value is -3.94. The molecule has 3 aliphatic heterocycles. The van der Waals surface area contributed by atoms with Crippen molar-refractivity contribution in [3.05, 3.63) is 65.9 Å². The summed E-state index contributed by atoms with van der Waals surface area (Å²) < 4.78 is 6.19. The molecule has 37 heavy (non-hydrogen) atoms. The number of carbonyl (C=O) groups is 3. The van der Waals surface area contributed by atoms with Crippen molar-refractivity contribution in [2.45, 2.75) is 44.7 Å². The lowest BCUT2D eigenvalue weighted by molar-refractivity contribution is -0.136. The van der Waals surface area contributed by atoms with E-state index in [1.54, 1.807) is 11.0 Å². The Kier molecular flexibility index (Phi) is 6.24. The fourth-order valence-corrected chi connectivity index (χ4v) is 5.85. The molecule has 1 atom stereocenters. The number of ether oxygens (including phenoxy) is 1. The second kappa shape index (κ2) is 9.84. The Morgan fingerprint density at radius 3 is 2.65 bits per heavy atom. The van der Waals surface area contributed by atoms with E-state index in [4.69, 9.17) is 4.74 Å². The highest BCUT2D eigenvalue weighted by Gasteiger charge is 2.40. The van der Waals surface area contributed by atoms with Crippen molar-refractivity contribution in [1.82, 2.24) is 15.2 Å². The molecule has 8 heteroatoms. The molecule has 4 heterocycles. The van der Waals surface area contributed by atoms with Gasteiger partial charge in [-0.15, -0.1) is 0 Å². The number of fused-ring (bicyclic) bond motifs is 2. The number of para-hydroxylation sites is 1. The van der Waals surface area contributed by atoms with Crippen LogP contribution in [0.3, 0.4) is 0 Å². The van der Waals surface area contributed by atoms with Gasteiger partial charge in [0, 0.05) is 47.9 Å². The van der Waals surface area contributed by atoms with Crippen molar-refractivity contribution < 1.29 is 19.1 Å². The van der Waals surface area contributed by atoms with Crippen LogP contribution in [0.5, 0.6) is 5.75 Å². The van der Waals surface area contributed by atoms with Gasteiger partial charge in [0.15, 0.2) is 0 Å². The zero-order valence-corrected chi connectivity index (χ0v) is 20.7. The topological polar surface area (TPSA) is 91.8 Å². The van der Waals surface area contributed by atoms with Crippen molar-refractivity contribution in [2.75, 3.05) is 24.6 Å². The van der Waals surface area contributed by atoms with Crippen LogP contribution in [-0.2, 0) is 16.1 Å². The van der Waals surface area contributed by atoms with Gasteiger partial charge in [0.1, 0.15) is 11.8 Å². The molecule has 2 fully saturated rings. The number of nitrogens with zero attached hydrogens (tertiary/aromatic N) is 3. The van der Waals surface area contributed by atoms with E-state index in [2.05, 4.69) is 39.5 Å². The number of amides is 3. The molecule has 190 valence electrons. The molecule has 0 radical (unpaired) electrons. The van der Waals surface area contributed by atoms with E-state index in [1.807, 2.05) is 24.4 Å². The molecule has 8 nitrogen and oxygen atoms in total. The van der Waals surface area contributed by atoms with E-state index in [-0.39, 0.29) is 18.2 Å². The number of hydrogen-bond donors (Lipinski definition) is 1. The zero-order valence-electron chi connectivity index (χ0n) is 20.7. The summed E-state index contributed by atoms with van der Waals surface area (Å²) in [6, 6.07) is 15.3. The van der Waals surface area contributed by atoms with Crippen LogP contribution in [0.4, 0.5) is 5.69 Å². The molecule has 0 saturated carbocycles. The highest BCUT2D eigenvalue weighted by atomic mass is 16.5. The number of rotatable bonds is 6. The van der Waals surface area contributed by atoms with Gasteiger partial charge in [-0.2, -0.15) is 0 Å². The Balaban J connectivity index is 1.05. The minimum absolute atomic E-state index is 0.175. The third-order valence-corrected chi connectivity index (χ3v) is 7.90. The summed E-state index contributed by atoms with van der Waals surface area (Å²) in [6.45, 7) is 2.93. The number of imide groups is 1. The first-order chi connectivity index (χ1) is 18.1. The van der Waals surface area contributed by atoms with Crippen molar-refractivity contribution >= 4 is 34.3 Å². The SMILES string of the molecule is O=C1CCC(N2Cc3c(OCCC4CCN(c5ccnc6ccccc56)CC4)cccc3C2=O)C(=O)N1. The minimum atomic E-state index is -0.617. The Bertz CT molecular complexity index is 1360. The zero-order chi connectivity index (χ0) is 25.4. The van der Waals surface area contributed by atoms with Crippen molar-refractivity contribution in [1.29, 1.82) is 0 Å². The van der Waals surface area contributed by atoms with Gasteiger partial charge in [-0.1, -0.05) is 24.3 Å². The number of nitrogens with one attached hydrogen (secondary N) is 1. The highest BCUT2D eigenvalue weighted by Crippen LogP contribution is 2.34. The number of aromatic nitrogens is 1. The number of pyridine rings is 1. The lowest BCUT2D eigenvalue weighted by Gasteiger charge is -2.34. The summed E-state index contributed by atoms with van der Waals surface area (Å²) in [5.74, 6) is 0.440. The van der Waals surface area contributed by atoms with Crippen LogP contribution in [0.25, 0.3) is 10.9 Å². The second-order valence-corrected chi connectivity index (χ2v) is 10.1. The third-order valence-electron chi connectivity index (χ3n) is 7.90. The van der Waals surface area contributed by atoms with E-state index >= 15 is 0 Å². The van der Waals surface area contributed by atoms with Crippen LogP contribution < -0.4 is 15.0 Å². The summed E-state index contributed by atoms with van der Waals surface area (Å²) in [5.41, 5.74) is 3.70. The number of piperidine rings is 2. The molecule has 1 N–H and O–H groups in total. The van der Waals surface area contributed by atoms with Gasteiger partial charge >= 0.3 is 0 Å². The molecular formula is C29H30N4O4. The third kappa shape index (κ3) is 4.52. The molecule has 0 bridgehead atoms. The Morgan fingerprint density at radius 1 is 0.973 bits per heavy atom. The molecule has 1 unspecified atom stereocenters. The van der Waals surface area contributed by atoms with Gasteiger partial charge in [-0.05, 0) is 55.9 Å². The molecule has 2 saturated heterocycles.